The monoisotopic (exact) mass is 288 g/mol. The van der Waals surface area contributed by atoms with Crippen LogP contribution in [0.5, 0.6) is 0 Å². The fraction of sp³-hybridized carbons (Fsp3) is 0.875. The van der Waals surface area contributed by atoms with Gasteiger partial charge in [0.25, 0.3) is 0 Å². The van der Waals surface area contributed by atoms with E-state index in [1.54, 1.807) is 6.26 Å². The predicted octanol–water partition coefficient (Wildman–Crippen LogP) is 4.25. The van der Waals surface area contributed by atoms with Crippen molar-refractivity contribution < 1.29 is 18.9 Å². The first kappa shape index (κ1) is 19.4. The highest BCUT2D eigenvalue weighted by atomic mass is 16.7. The summed E-state index contributed by atoms with van der Waals surface area (Å²) >= 11 is 0. The smallest absolute Gasteiger partial charge is 0.188 e. The second kappa shape index (κ2) is 16.5. The largest absolute Gasteiger partial charge is 0.475 e. The van der Waals surface area contributed by atoms with Crippen molar-refractivity contribution in [2.24, 2.45) is 0 Å². The van der Waals surface area contributed by atoms with Crippen LogP contribution in [0.2, 0.25) is 0 Å². The first-order chi connectivity index (χ1) is 9.85. The van der Waals surface area contributed by atoms with E-state index in [0.29, 0.717) is 20.0 Å². The molecule has 0 rings (SSSR count). The Morgan fingerprint density at radius 2 is 1.70 bits per heavy atom. The highest BCUT2D eigenvalue weighted by Gasteiger charge is 2.06. The molecule has 0 bridgehead atoms. The molecule has 4 heteroatoms. The van der Waals surface area contributed by atoms with Crippen molar-refractivity contribution in [2.45, 2.75) is 65.6 Å². The number of unbranched alkanes of at least 4 members (excludes halogenated alkanes) is 3. The number of allylic oxidation sites excluding steroid dienone is 1. The summed E-state index contributed by atoms with van der Waals surface area (Å²) in [6.45, 7) is 8.68. The van der Waals surface area contributed by atoms with Gasteiger partial charge in [0.2, 0.25) is 0 Å². The molecule has 0 saturated carbocycles. The summed E-state index contributed by atoms with van der Waals surface area (Å²) in [5.74, 6) is 0. The van der Waals surface area contributed by atoms with Crippen LogP contribution in [0.3, 0.4) is 0 Å². The van der Waals surface area contributed by atoms with E-state index in [9.17, 15) is 0 Å². The van der Waals surface area contributed by atoms with E-state index in [1.807, 2.05) is 19.9 Å². The van der Waals surface area contributed by atoms with Crippen LogP contribution in [0.1, 0.15) is 59.3 Å². The molecule has 0 N–H and O–H groups in total. The van der Waals surface area contributed by atoms with Gasteiger partial charge in [0.05, 0.1) is 12.9 Å². The Hall–Kier alpha value is -0.580. The van der Waals surface area contributed by atoms with Gasteiger partial charge < -0.3 is 18.9 Å². The zero-order valence-corrected chi connectivity index (χ0v) is 13.4. The van der Waals surface area contributed by atoms with Crippen LogP contribution in [0.4, 0.5) is 0 Å². The molecule has 0 amide bonds. The maximum Gasteiger partial charge on any atom is 0.188 e. The Morgan fingerprint density at radius 3 is 2.35 bits per heavy atom. The van der Waals surface area contributed by atoms with Gasteiger partial charge >= 0.3 is 0 Å². The Kier molecular flexibility index (Phi) is 16.0. The molecular formula is C16H32O4. The molecule has 0 aliphatic heterocycles. The fourth-order valence-electron chi connectivity index (χ4n) is 1.69. The summed E-state index contributed by atoms with van der Waals surface area (Å²) in [6.07, 6.45) is 10.2. The van der Waals surface area contributed by atoms with E-state index >= 15 is 0 Å². The van der Waals surface area contributed by atoms with Crippen molar-refractivity contribution in [3.05, 3.63) is 12.3 Å². The molecular weight excluding hydrogens is 256 g/mol. The minimum absolute atomic E-state index is 0.0443. The van der Waals surface area contributed by atoms with Gasteiger partial charge in [-0.15, -0.1) is 0 Å². The normalized spacial score (nSPS) is 11.6. The Labute approximate surface area is 124 Å². The van der Waals surface area contributed by atoms with Crippen LogP contribution in [0, 0.1) is 0 Å². The van der Waals surface area contributed by atoms with E-state index in [2.05, 4.69) is 6.92 Å². The van der Waals surface area contributed by atoms with Crippen LogP contribution >= 0.6 is 0 Å². The molecule has 0 aromatic heterocycles. The molecule has 0 radical (unpaired) electrons. The zero-order chi connectivity index (χ0) is 14.9. The molecule has 0 unspecified atom stereocenters. The predicted molar refractivity (Wildman–Crippen MR) is 81.5 cm³/mol. The molecule has 4 nitrogen and oxygen atoms in total. The molecule has 0 saturated heterocycles. The van der Waals surface area contributed by atoms with Crippen molar-refractivity contribution in [1.29, 1.82) is 0 Å². The average Bonchev–Trinajstić information content (AvgIpc) is 2.45. The maximum atomic E-state index is 5.49. The molecule has 0 atom stereocenters. The third kappa shape index (κ3) is 13.8. The lowest BCUT2D eigenvalue weighted by Gasteiger charge is -2.16. The molecule has 0 aliphatic carbocycles. The van der Waals surface area contributed by atoms with Gasteiger partial charge in [0.1, 0.15) is 0 Å². The molecule has 0 aromatic rings. The molecule has 0 fully saturated rings. The first-order valence-electron chi connectivity index (χ1n) is 7.92. The molecule has 20 heavy (non-hydrogen) atoms. The van der Waals surface area contributed by atoms with E-state index in [0.717, 1.165) is 45.1 Å². The summed E-state index contributed by atoms with van der Waals surface area (Å²) in [5.41, 5.74) is 0. The van der Waals surface area contributed by atoms with E-state index in [-0.39, 0.29) is 6.29 Å². The maximum absolute atomic E-state index is 5.49. The van der Waals surface area contributed by atoms with Crippen LogP contribution in [-0.2, 0) is 18.9 Å². The lowest BCUT2D eigenvalue weighted by Crippen LogP contribution is -2.17. The molecule has 0 aliphatic rings. The highest BCUT2D eigenvalue weighted by Crippen LogP contribution is 2.08. The Bertz CT molecular complexity index is 201. The third-order valence-corrected chi connectivity index (χ3v) is 2.75. The van der Waals surface area contributed by atoms with Gasteiger partial charge in [-0.2, -0.15) is 0 Å². The number of hydrogen-bond donors (Lipinski definition) is 0. The quantitative estimate of drug-likeness (QED) is 0.256. The summed E-state index contributed by atoms with van der Waals surface area (Å²) in [7, 11) is 0. The number of hydrogen-bond acceptors (Lipinski definition) is 4. The van der Waals surface area contributed by atoms with Crippen LogP contribution < -0.4 is 0 Å². The second-order valence-electron chi connectivity index (χ2n) is 4.54. The molecule has 120 valence electrons. The number of rotatable bonds is 15. The van der Waals surface area contributed by atoms with E-state index in [4.69, 9.17) is 18.9 Å². The fourth-order valence-corrected chi connectivity index (χ4v) is 1.69. The average molecular weight is 288 g/mol. The Balaban J connectivity index is 3.32. The first-order valence-corrected chi connectivity index (χ1v) is 7.92. The standard InChI is InChI=1S/C16H32O4/c1-4-7-13-17-15-18-14-11-9-8-10-12-16(19-5-2)20-6-3/h11,14,16H,4-10,12-13,15H2,1-3H3. The van der Waals surface area contributed by atoms with Crippen molar-refractivity contribution in [3.8, 4) is 0 Å². The van der Waals surface area contributed by atoms with Crippen LogP contribution in [0.15, 0.2) is 12.3 Å². The molecule has 0 spiro atoms. The summed E-state index contributed by atoms with van der Waals surface area (Å²) in [6, 6.07) is 0. The second-order valence-corrected chi connectivity index (χ2v) is 4.54. The lowest BCUT2D eigenvalue weighted by molar-refractivity contribution is -0.140. The van der Waals surface area contributed by atoms with Crippen molar-refractivity contribution in [2.75, 3.05) is 26.6 Å². The van der Waals surface area contributed by atoms with Gasteiger partial charge in [0.15, 0.2) is 13.1 Å². The van der Waals surface area contributed by atoms with Gasteiger partial charge in [-0.3, -0.25) is 0 Å². The zero-order valence-electron chi connectivity index (χ0n) is 13.4. The SMILES string of the molecule is CCCCOCOC=CCCCCC(OCC)OCC. The van der Waals surface area contributed by atoms with E-state index in [1.165, 1.54) is 0 Å². The minimum Gasteiger partial charge on any atom is -0.475 e. The molecule has 0 heterocycles. The Morgan fingerprint density at radius 1 is 0.950 bits per heavy atom. The number of ether oxygens (including phenoxy) is 4. The highest BCUT2D eigenvalue weighted by molar-refractivity contribution is 4.72. The van der Waals surface area contributed by atoms with Gasteiger partial charge in [0, 0.05) is 13.2 Å². The van der Waals surface area contributed by atoms with Gasteiger partial charge in [-0.1, -0.05) is 13.3 Å². The summed E-state index contributed by atoms with van der Waals surface area (Å²) < 4.78 is 21.5. The van der Waals surface area contributed by atoms with Crippen molar-refractivity contribution in [1.82, 2.24) is 0 Å². The van der Waals surface area contributed by atoms with Crippen molar-refractivity contribution in [3.63, 3.8) is 0 Å². The summed E-state index contributed by atoms with van der Waals surface area (Å²) in [4.78, 5) is 0. The van der Waals surface area contributed by atoms with Crippen molar-refractivity contribution >= 4 is 0 Å². The lowest BCUT2D eigenvalue weighted by atomic mass is 10.2. The van der Waals surface area contributed by atoms with Crippen LogP contribution in [-0.4, -0.2) is 32.9 Å². The van der Waals surface area contributed by atoms with Crippen LogP contribution in [0.25, 0.3) is 0 Å². The molecule has 0 aromatic carbocycles. The van der Waals surface area contributed by atoms with Gasteiger partial charge in [-0.25, -0.2) is 0 Å². The third-order valence-electron chi connectivity index (χ3n) is 2.75. The summed E-state index contributed by atoms with van der Waals surface area (Å²) in [5, 5.41) is 0. The minimum atomic E-state index is -0.0443. The topological polar surface area (TPSA) is 36.9 Å². The van der Waals surface area contributed by atoms with E-state index < -0.39 is 0 Å². The van der Waals surface area contributed by atoms with Gasteiger partial charge in [-0.05, 0) is 52.0 Å².